The van der Waals surface area contributed by atoms with Crippen molar-refractivity contribution in [1.29, 1.82) is 0 Å². The average molecular weight is 267 g/mol. The molecule has 1 aromatic heterocycles. The van der Waals surface area contributed by atoms with Gasteiger partial charge in [0.2, 0.25) is 0 Å². The van der Waals surface area contributed by atoms with Crippen LogP contribution >= 0.6 is 23.9 Å². The fourth-order valence-corrected chi connectivity index (χ4v) is 1.94. The highest BCUT2D eigenvalue weighted by Gasteiger charge is 1.96. The van der Waals surface area contributed by atoms with E-state index in [0.29, 0.717) is 0 Å². The third kappa shape index (κ3) is 5.06. The molecule has 1 aliphatic heterocycles. The molecule has 0 N–H and O–H groups in total. The van der Waals surface area contributed by atoms with E-state index in [4.69, 9.17) is 0 Å². The summed E-state index contributed by atoms with van der Waals surface area (Å²) in [6.45, 7) is 1.82. The van der Waals surface area contributed by atoms with Crippen molar-refractivity contribution in [2.24, 2.45) is 11.4 Å². The van der Waals surface area contributed by atoms with Crippen LogP contribution in [-0.2, 0) is 18.0 Å². The molecule has 0 fully saturated rings. The van der Waals surface area contributed by atoms with E-state index in [9.17, 15) is 9.00 Å². The summed E-state index contributed by atoms with van der Waals surface area (Å²) in [5.41, 5.74) is 0.920. The lowest BCUT2D eigenvalue weighted by Gasteiger charge is -1.76. The molecule has 1 aromatic rings. The van der Waals surface area contributed by atoms with E-state index in [1.807, 2.05) is 6.92 Å². The standard InChI is InChI=1S/2C4H5NOS.ClH/c1-5-4(6)2-3-7-5;1-4-2-3-7(6)5-4;/h2*2-3H,1H3;1H. The summed E-state index contributed by atoms with van der Waals surface area (Å²) in [5, 5.41) is 3.33. The number of allylic oxidation sites excluding steroid dienone is 1. The third-order valence-electron chi connectivity index (χ3n) is 1.40. The first kappa shape index (κ1) is 14.3. The van der Waals surface area contributed by atoms with Crippen molar-refractivity contribution in [3.05, 3.63) is 33.3 Å². The first-order valence-electron chi connectivity index (χ1n) is 3.85. The Bertz CT molecular complexity index is 447. The lowest BCUT2D eigenvalue weighted by atomic mass is 10.4. The molecule has 4 nitrogen and oxygen atoms in total. The molecule has 15 heavy (non-hydrogen) atoms. The Morgan fingerprint density at radius 1 is 1.53 bits per heavy atom. The highest BCUT2D eigenvalue weighted by molar-refractivity contribution is 7.87. The number of halogens is 1. The zero-order chi connectivity index (χ0) is 10.6. The van der Waals surface area contributed by atoms with Crippen LogP contribution in [0.25, 0.3) is 0 Å². The molecule has 1 atom stereocenters. The Labute approximate surface area is 100 Å². The summed E-state index contributed by atoms with van der Waals surface area (Å²) in [7, 11) is 0.698. The molecule has 0 aromatic carbocycles. The zero-order valence-corrected chi connectivity index (χ0v) is 10.7. The largest absolute Gasteiger partial charge is 0.268 e. The normalized spacial score (nSPS) is 17.5. The van der Waals surface area contributed by atoms with Gasteiger partial charge in [-0.25, -0.2) is 4.21 Å². The van der Waals surface area contributed by atoms with E-state index in [-0.39, 0.29) is 18.0 Å². The van der Waals surface area contributed by atoms with Crippen LogP contribution in [0.2, 0.25) is 0 Å². The Morgan fingerprint density at radius 3 is 2.33 bits per heavy atom. The molecule has 0 spiro atoms. The number of aryl methyl sites for hydroxylation is 1. The van der Waals surface area contributed by atoms with Crippen molar-refractivity contribution in [1.82, 2.24) is 3.96 Å². The summed E-state index contributed by atoms with van der Waals surface area (Å²) < 4.78 is 15.5. The predicted octanol–water partition coefficient (Wildman–Crippen LogP) is 1.51. The van der Waals surface area contributed by atoms with Crippen molar-refractivity contribution in [2.45, 2.75) is 6.92 Å². The fourth-order valence-electron chi connectivity index (χ4n) is 0.696. The van der Waals surface area contributed by atoms with Crippen molar-refractivity contribution < 1.29 is 4.21 Å². The predicted molar refractivity (Wildman–Crippen MR) is 67.2 cm³/mol. The van der Waals surface area contributed by atoms with E-state index in [2.05, 4.69) is 4.40 Å². The minimum Gasteiger partial charge on any atom is -0.268 e. The zero-order valence-electron chi connectivity index (χ0n) is 8.25. The van der Waals surface area contributed by atoms with Crippen LogP contribution in [0.1, 0.15) is 6.92 Å². The quantitative estimate of drug-likeness (QED) is 0.715. The van der Waals surface area contributed by atoms with Crippen molar-refractivity contribution in [3.8, 4) is 0 Å². The second-order valence-corrected chi connectivity index (χ2v) is 4.59. The van der Waals surface area contributed by atoms with Crippen LogP contribution in [0, 0.1) is 0 Å². The molecule has 1 unspecified atom stereocenters. The van der Waals surface area contributed by atoms with Gasteiger partial charge in [0.05, 0.1) is 0 Å². The molecule has 2 heterocycles. The molecule has 7 heteroatoms. The lowest BCUT2D eigenvalue weighted by molar-refractivity contribution is 0.690. The number of hydrogen-bond donors (Lipinski definition) is 0. The monoisotopic (exact) mass is 266 g/mol. The van der Waals surface area contributed by atoms with Crippen LogP contribution < -0.4 is 5.56 Å². The number of aromatic nitrogens is 1. The van der Waals surface area contributed by atoms with E-state index in [0.717, 1.165) is 5.71 Å². The summed E-state index contributed by atoms with van der Waals surface area (Å²) in [4.78, 5) is 10.4. The molecule has 1 aliphatic rings. The lowest BCUT2D eigenvalue weighted by Crippen LogP contribution is -2.05. The minimum atomic E-state index is -1.05. The molecule has 0 amide bonds. The maximum Gasteiger partial charge on any atom is 0.260 e. The molecule has 0 bridgehead atoms. The minimum absolute atomic E-state index is 0. The Kier molecular flexibility index (Phi) is 6.38. The number of nitrogens with zero attached hydrogens (tertiary/aromatic N) is 2. The van der Waals surface area contributed by atoms with Gasteiger partial charge in [0, 0.05) is 29.6 Å². The summed E-state index contributed by atoms with van der Waals surface area (Å²) in [6, 6.07) is 1.55. The molecule has 0 radical (unpaired) electrons. The van der Waals surface area contributed by atoms with Gasteiger partial charge in [0.25, 0.3) is 5.56 Å². The SMILES string of the molecule is CC1=NS(=O)C=C1.Cl.Cn1sccc1=O. The topological polar surface area (TPSA) is 51.4 Å². The van der Waals surface area contributed by atoms with E-state index in [1.54, 1.807) is 33.9 Å². The van der Waals surface area contributed by atoms with Crippen LogP contribution in [0.3, 0.4) is 0 Å². The van der Waals surface area contributed by atoms with Gasteiger partial charge >= 0.3 is 0 Å². The van der Waals surface area contributed by atoms with Crippen LogP contribution in [0.5, 0.6) is 0 Å². The highest BCUT2D eigenvalue weighted by Crippen LogP contribution is 1.97. The van der Waals surface area contributed by atoms with Crippen molar-refractivity contribution in [3.63, 3.8) is 0 Å². The Balaban J connectivity index is 0.000000245. The van der Waals surface area contributed by atoms with Crippen LogP contribution in [0.4, 0.5) is 0 Å². The first-order chi connectivity index (χ1) is 6.59. The van der Waals surface area contributed by atoms with Gasteiger partial charge in [-0.1, -0.05) is 11.5 Å². The van der Waals surface area contributed by atoms with Gasteiger partial charge in [0.15, 0.2) is 11.0 Å². The smallest absolute Gasteiger partial charge is 0.260 e. The second kappa shape index (κ2) is 6.71. The highest BCUT2D eigenvalue weighted by atomic mass is 35.5. The van der Waals surface area contributed by atoms with Crippen molar-refractivity contribution in [2.75, 3.05) is 0 Å². The maximum atomic E-state index is 10.4. The Hall–Kier alpha value is -0.720. The van der Waals surface area contributed by atoms with Gasteiger partial charge < -0.3 is 0 Å². The molecule has 0 saturated heterocycles. The maximum absolute atomic E-state index is 10.4. The Morgan fingerprint density at radius 2 is 2.20 bits per heavy atom. The molecular formula is C8H11ClN2O2S2. The number of hydrogen-bond acceptors (Lipinski definition) is 3. The van der Waals surface area contributed by atoms with Gasteiger partial charge in [0.1, 0.15) is 0 Å². The van der Waals surface area contributed by atoms with Gasteiger partial charge in [-0.3, -0.25) is 8.75 Å². The first-order valence-corrected chi connectivity index (χ1v) is 5.85. The number of rotatable bonds is 0. The molecule has 84 valence electrons. The van der Waals surface area contributed by atoms with Gasteiger partial charge in [-0.15, -0.1) is 12.4 Å². The summed E-state index contributed by atoms with van der Waals surface area (Å²) in [6.07, 6.45) is 1.75. The van der Waals surface area contributed by atoms with Gasteiger partial charge in [-0.2, -0.15) is 4.40 Å². The second-order valence-electron chi connectivity index (χ2n) is 2.56. The molecule has 0 saturated carbocycles. The van der Waals surface area contributed by atoms with Crippen LogP contribution in [0.15, 0.2) is 32.1 Å². The molecule has 0 aliphatic carbocycles. The van der Waals surface area contributed by atoms with Crippen LogP contribution in [-0.4, -0.2) is 13.9 Å². The van der Waals surface area contributed by atoms with Gasteiger partial charge in [-0.05, 0) is 13.0 Å². The van der Waals surface area contributed by atoms with E-state index >= 15 is 0 Å². The van der Waals surface area contributed by atoms with Crippen molar-refractivity contribution >= 4 is 40.6 Å². The van der Waals surface area contributed by atoms with E-state index < -0.39 is 11.0 Å². The van der Waals surface area contributed by atoms with E-state index in [1.165, 1.54) is 11.5 Å². The third-order valence-corrected chi connectivity index (χ3v) is 2.99. The summed E-state index contributed by atoms with van der Waals surface area (Å²) in [5.74, 6) is 0. The summed E-state index contributed by atoms with van der Waals surface area (Å²) >= 11 is 1.41. The molecule has 2 rings (SSSR count). The average Bonchev–Trinajstić information content (AvgIpc) is 2.65. The molecular weight excluding hydrogens is 256 g/mol. The fraction of sp³-hybridized carbons (Fsp3) is 0.250.